The molecule has 0 bridgehead atoms. The van der Waals surface area contributed by atoms with Crippen molar-refractivity contribution in [1.29, 1.82) is 0 Å². The maximum atomic E-state index is 11.0. The molecule has 11 heavy (non-hydrogen) atoms. The SMILES string of the molecule is CC(=O)C1CCCCOC1=O. The molecule has 0 spiro atoms. The van der Waals surface area contributed by atoms with E-state index in [2.05, 4.69) is 0 Å². The van der Waals surface area contributed by atoms with Crippen molar-refractivity contribution in [3.63, 3.8) is 0 Å². The smallest absolute Gasteiger partial charge is 0.316 e. The van der Waals surface area contributed by atoms with Crippen molar-refractivity contribution in [3.05, 3.63) is 0 Å². The van der Waals surface area contributed by atoms with Gasteiger partial charge in [0.15, 0.2) is 0 Å². The van der Waals surface area contributed by atoms with Crippen molar-refractivity contribution in [1.82, 2.24) is 0 Å². The lowest BCUT2D eigenvalue weighted by molar-refractivity contribution is -0.150. The molecule has 0 aromatic rings. The van der Waals surface area contributed by atoms with Crippen LogP contribution in [-0.2, 0) is 14.3 Å². The van der Waals surface area contributed by atoms with E-state index in [0.29, 0.717) is 13.0 Å². The van der Waals surface area contributed by atoms with Crippen LogP contribution in [0.2, 0.25) is 0 Å². The Bertz CT molecular complexity index is 174. The van der Waals surface area contributed by atoms with E-state index in [9.17, 15) is 9.59 Å². The second-order valence-corrected chi connectivity index (χ2v) is 2.83. The van der Waals surface area contributed by atoms with Gasteiger partial charge in [-0.2, -0.15) is 0 Å². The lowest BCUT2D eigenvalue weighted by atomic mass is 10.00. The van der Waals surface area contributed by atoms with Gasteiger partial charge in [-0.05, 0) is 26.2 Å². The molecule has 0 aromatic carbocycles. The molecule has 3 nitrogen and oxygen atoms in total. The molecule has 0 aliphatic carbocycles. The van der Waals surface area contributed by atoms with Crippen molar-refractivity contribution < 1.29 is 14.3 Å². The number of Topliss-reactive ketones (excluding diaryl/α,β-unsaturated/α-hetero) is 1. The zero-order valence-electron chi connectivity index (χ0n) is 6.63. The summed E-state index contributed by atoms with van der Waals surface area (Å²) >= 11 is 0. The Labute approximate surface area is 65.7 Å². The molecular weight excluding hydrogens is 144 g/mol. The normalized spacial score (nSPS) is 25.5. The van der Waals surface area contributed by atoms with Crippen LogP contribution >= 0.6 is 0 Å². The van der Waals surface area contributed by atoms with Gasteiger partial charge in [0.1, 0.15) is 11.7 Å². The molecule has 1 aliphatic heterocycles. The van der Waals surface area contributed by atoms with Crippen molar-refractivity contribution in [2.24, 2.45) is 5.92 Å². The van der Waals surface area contributed by atoms with Crippen LogP contribution in [0.25, 0.3) is 0 Å². The fraction of sp³-hybridized carbons (Fsp3) is 0.750. The number of ether oxygens (including phenoxy) is 1. The van der Waals surface area contributed by atoms with Gasteiger partial charge >= 0.3 is 5.97 Å². The fourth-order valence-electron chi connectivity index (χ4n) is 1.21. The van der Waals surface area contributed by atoms with E-state index < -0.39 is 5.92 Å². The van der Waals surface area contributed by atoms with Crippen LogP contribution in [0.1, 0.15) is 26.2 Å². The lowest BCUT2D eigenvalue weighted by Gasteiger charge is -2.06. The van der Waals surface area contributed by atoms with Gasteiger partial charge in [0.05, 0.1) is 6.61 Å². The second-order valence-electron chi connectivity index (χ2n) is 2.83. The largest absolute Gasteiger partial charge is 0.465 e. The number of ketones is 1. The molecule has 62 valence electrons. The van der Waals surface area contributed by atoms with Gasteiger partial charge in [0.2, 0.25) is 0 Å². The second kappa shape index (κ2) is 3.51. The highest BCUT2D eigenvalue weighted by atomic mass is 16.5. The summed E-state index contributed by atoms with van der Waals surface area (Å²) in [7, 11) is 0. The first-order valence-electron chi connectivity index (χ1n) is 3.89. The Hall–Kier alpha value is -0.860. The van der Waals surface area contributed by atoms with Crippen LogP contribution in [0.3, 0.4) is 0 Å². The van der Waals surface area contributed by atoms with Crippen LogP contribution in [0, 0.1) is 5.92 Å². The van der Waals surface area contributed by atoms with E-state index in [-0.39, 0.29) is 11.8 Å². The van der Waals surface area contributed by atoms with Gasteiger partial charge in [0.25, 0.3) is 0 Å². The van der Waals surface area contributed by atoms with E-state index in [1.54, 1.807) is 0 Å². The molecule has 1 aliphatic rings. The third kappa shape index (κ3) is 2.03. The summed E-state index contributed by atoms with van der Waals surface area (Å²) < 4.78 is 4.82. The maximum absolute atomic E-state index is 11.0. The van der Waals surface area contributed by atoms with E-state index >= 15 is 0 Å². The van der Waals surface area contributed by atoms with Crippen LogP contribution in [0.15, 0.2) is 0 Å². The molecule has 0 aromatic heterocycles. The van der Waals surface area contributed by atoms with E-state index in [0.717, 1.165) is 12.8 Å². The number of rotatable bonds is 1. The fourth-order valence-corrected chi connectivity index (χ4v) is 1.21. The van der Waals surface area contributed by atoms with Crippen molar-refractivity contribution in [2.75, 3.05) is 6.61 Å². The maximum Gasteiger partial charge on any atom is 0.316 e. The Kier molecular flexibility index (Phi) is 2.63. The third-order valence-corrected chi connectivity index (χ3v) is 1.91. The molecule has 1 fully saturated rings. The van der Waals surface area contributed by atoms with Crippen molar-refractivity contribution in [3.8, 4) is 0 Å². The minimum atomic E-state index is -0.488. The summed E-state index contributed by atoms with van der Waals surface area (Å²) in [6.45, 7) is 1.92. The predicted octanol–water partition coefficient (Wildman–Crippen LogP) is 0.919. The molecule has 1 heterocycles. The van der Waals surface area contributed by atoms with E-state index in [1.807, 2.05) is 0 Å². The highest BCUT2D eigenvalue weighted by Gasteiger charge is 2.26. The highest BCUT2D eigenvalue weighted by Crippen LogP contribution is 2.15. The summed E-state index contributed by atoms with van der Waals surface area (Å²) in [6.07, 6.45) is 2.46. The number of hydrogen-bond acceptors (Lipinski definition) is 3. The summed E-state index contributed by atoms with van der Waals surface area (Å²) in [5.41, 5.74) is 0. The van der Waals surface area contributed by atoms with Gasteiger partial charge in [-0.25, -0.2) is 0 Å². The van der Waals surface area contributed by atoms with Crippen molar-refractivity contribution in [2.45, 2.75) is 26.2 Å². The van der Waals surface area contributed by atoms with Crippen LogP contribution in [0.4, 0.5) is 0 Å². The number of hydrogen-bond donors (Lipinski definition) is 0. The van der Waals surface area contributed by atoms with Gasteiger partial charge in [-0.1, -0.05) is 0 Å². The standard InChI is InChI=1S/C8H12O3/c1-6(9)7-4-2-3-5-11-8(7)10/h7H,2-5H2,1H3. The average Bonchev–Trinajstić information content (AvgIpc) is 2.13. The lowest BCUT2D eigenvalue weighted by Crippen LogP contribution is -2.22. The van der Waals surface area contributed by atoms with Gasteiger partial charge < -0.3 is 4.74 Å². The molecule has 0 N–H and O–H groups in total. The molecule has 1 rings (SSSR count). The summed E-state index contributed by atoms with van der Waals surface area (Å²) in [5.74, 6) is -0.899. The zero-order chi connectivity index (χ0) is 8.27. The average molecular weight is 156 g/mol. The van der Waals surface area contributed by atoms with E-state index in [1.165, 1.54) is 6.92 Å². The number of carbonyl (C=O) groups excluding carboxylic acids is 2. The molecular formula is C8H12O3. The van der Waals surface area contributed by atoms with Gasteiger partial charge in [0, 0.05) is 0 Å². The zero-order valence-corrected chi connectivity index (χ0v) is 6.63. The first-order valence-corrected chi connectivity index (χ1v) is 3.89. The summed E-state index contributed by atoms with van der Waals surface area (Å²) in [4.78, 5) is 21.9. The third-order valence-electron chi connectivity index (χ3n) is 1.91. The monoisotopic (exact) mass is 156 g/mol. The molecule has 1 saturated heterocycles. The Balaban J connectivity index is 2.59. The molecule has 1 atom stereocenters. The first kappa shape index (κ1) is 8.24. The summed E-state index contributed by atoms with van der Waals surface area (Å²) in [6, 6.07) is 0. The highest BCUT2D eigenvalue weighted by molar-refractivity contribution is 5.97. The number of esters is 1. The first-order chi connectivity index (χ1) is 5.22. The quantitative estimate of drug-likeness (QED) is 0.419. The minimum absolute atomic E-state index is 0.0723. The Morgan fingerprint density at radius 1 is 1.55 bits per heavy atom. The van der Waals surface area contributed by atoms with E-state index in [4.69, 9.17) is 4.74 Å². The summed E-state index contributed by atoms with van der Waals surface area (Å²) in [5, 5.41) is 0. The predicted molar refractivity (Wildman–Crippen MR) is 39.0 cm³/mol. The minimum Gasteiger partial charge on any atom is -0.465 e. The molecule has 0 saturated carbocycles. The molecule has 0 radical (unpaired) electrons. The van der Waals surface area contributed by atoms with Crippen LogP contribution < -0.4 is 0 Å². The van der Waals surface area contributed by atoms with Crippen LogP contribution in [-0.4, -0.2) is 18.4 Å². The topological polar surface area (TPSA) is 43.4 Å². The number of carbonyl (C=O) groups is 2. The van der Waals surface area contributed by atoms with Gasteiger partial charge in [-0.15, -0.1) is 0 Å². The Morgan fingerprint density at radius 2 is 2.27 bits per heavy atom. The van der Waals surface area contributed by atoms with Gasteiger partial charge in [-0.3, -0.25) is 9.59 Å². The molecule has 0 amide bonds. The number of cyclic esters (lactones) is 1. The molecule has 3 heteroatoms. The van der Waals surface area contributed by atoms with Crippen molar-refractivity contribution >= 4 is 11.8 Å². The van der Waals surface area contributed by atoms with Crippen LogP contribution in [0.5, 0.6) is 0 Å². The Morgan fingerprint density at radius 3 is 2.91 bits per heavy atom. The molecule has 1 unspecified atom stereocenters.